The van der Waals surface area contributed by atoms with Crippen molar-refractivity contribution in [3.8, 4) is 0 Å². The number of ether oxygens (including phenoxy) is 1. The first-order chi connectivity index (χ1) is 11.1. The second-order valence-corrected chi connectivity index (χ2v) is 6.77. The number of fused-ring (bicyclic) bond motifs is 1. The zero-order valence-electron chi connectivity index (χ0n) is 13.7. The molecule has 0 N–H and O–H groups in total. The molecule has 0 bridgehead atoms. The van der Waals surface area contributed by atoms with Gasteiger partial charge in [0.25, 0.3) is 5.91 Å². The van der Waals surface area contributed by atoms with E-state index in [0.29, 0.717) is 5.69 Å². The van der Waals surface area contributed by atoms with Gasteiger partial charge in [-0.05, 0) is 45.6 Å². The zero-order valence-corrected chi connectivity index (χ0v) is 13.7. The fraction of sp³-hybridized carbons (Fsp3) is 0.588. The summed E-state index contributed by atoms with van der Waals surface area (Å²) in [6.45, 7) is 6.26. The Labute approximate surface area is 135 Å². The first-order valence-electron chi connectivity index (χ1n) is 8.34. The van der Waals surface area contributed by atoms with Crippen molar-refractivity contribution in [1.82, 2.24) is 19.5 Å². The van der Waals surface area contributed by atoms with E-state index in [4.69, 9.17) is 4.74 Å². The third-order valence-corrected chi connectivity index (χ3v) is 5.09. The number of nitrogens with zero attached hydrogens (tertiary/aromatic N) is 4. The lowest BCUT2D eigenvalue weighted by Gasteiger charge is -2.38. The Morgan fingerprint density at radius 1 is 1.22 bits per heavy atom. The fourth-order valence-electron chi connectivity index (χ4n) is 3.78. The molecule has 0 saturated carbocycles. The summed E-state index contributed by atoms with van der Waals surface area (Å²) in [5, 5.41) is 4.39. The molecule has 0 atom stereocenters. The Kier molecular flexibility index (Phi) is 3.37. The average Bonchev–Trinajstić information content (AvgIpc) is 3.14. The number of aromatic nitrogens is 3. The molecule has 4 heterocycles. The largest absolute Gasteiger partial charge is 0.375 e. The highest BCUT2D eigenvalue weighted by atomic mass is 16.5. The van der Waals surface area contributed by atoms with Crippen LogP contribution in [-0.4, -0.2) is 50.7 Å². The molecule has 6 heteroatoms. The van der Waals surface area contributed by atoms with Crippen LogP contribution >= 0.6 is 0 Å². The highest BCUT2D eigenvalue weighted by Gasteiger charge is 2.39. The number of hydrogen-bond donors (Lipinski definition) is 0. The molecule has 2 aromatic heterocycles. The molecule has 1 spiro atoms. The molecule has 2 fully saturated rings. The van der Waals surface area contributed by atoms with Crippen molar-refractivity contribution < 1.29 is 9.53 Å². The normalized spacial score (nSPS) is 20.5. The van der Waals surface area contributed by atoms with Crippen molar-refractivity contribution in [2.45, 2.75) is 45.1 Å². The Balaban J connectivity index is 1.55. The lowest BCUT2D eigenvalue weighted by molar-refractivity contribution is -0.0388. The summed E-state index contributed by atoms with van der Waals surface area (Å²) in [7, 11) is 0. The summed E-state index contributed by atoms with van der Waals surface area (Å²) < 4.78 is 7.71. The SMILES string of the molecule is Cc1cc2nc(C(=O)N3CCC4(CCCO4)CC3)cc(C)n2n1. The van der Waals surface area contributed by atoms with Crippen LogP contribution in [0, 0.1) is 13.8 Å². The monoisotopic (exact) mass is 314 g/mol. The number of rotatable bonds is 1. The molecule has 2 aliphatic heterocycles. The van der Waals surface area contributed by atoms with Crippen LogP contribution in [-0.2, 0) is 4.74 Å². The van der Waals surface area contributed by atoms with Crippen molar-refractivity contribution in [3.63, 3.8) is 0 Å². The van der Waals surface area contributed by atoms with Crippen LogP contribution in [0.2, 0.25) is 0 Å². The summed E-state index contributed by atoms with van der Waals surface area (Å²) in [6.07, 6.45) is 4.15. The van der Waals surface area contributed by atoms with E-state index in [1.807, 2.05) is 30.9 Å². The van der Waals surface area contributed by atoms with E-state index in [1.54, 1.807) is 4.52 Å². The summed E-state index contributed by atoms with van der Waals surface area (Å²) in [6, 6.07) is 3.74. The van der Waals surface area contributed by atoms with Crippen molar-refractivity contribution in [1.29, 1.82) is 0 Å². The summed E-state index contributed by atoms with van der Waals surface area (Å²) in [5.41, 5.74) is 3.12. The van der Waals surface area contributed by atoms with Gasteiger partial charge in [-0.15, -0.1) is 0 Å². The molecule has 0 aromatic carbocycles. The third-order valence-electron chi connectivity index (χ3n) is 5.09. The van der Waals surface area contributed by atoms with Crippen LogP contribution in [0.4, 0.5) is 0 Å². The molecule has 0 aliphatic carbocycles. The highest BCUT2D eigenvalue weighted by molar-refractivity contribution is 5.93. The van der Waals surface area contributed by atoms with Gasteiger partial charge in [-0.3, -0.25) is 4.79 Å². The van der Waals surface area contributed by atoms with E-state index in [0.717, 1.165) is 62.4 Å². The minimum absolute atomic E-state index is 0.0160. The van der Waals surface area contributed by atoms with Gasteiger partial charge in [0, 0.05) is 31.5 Å². The highest BCUT2D eigenvalue weighted by Crippen LogP contribution is 2.35. The van der Waals surface area contributed by atoms with E-state index < -0.39 is 0 Å². The second-order valence-electron chi connectivity index (χ2n) is 6.77. The van der Waals surface area contributed by atoms with Crippen molar-refractivity contribution in [2.75, 3.05) is 19.7 Å². The average molecular weight is 314 g/mol. The minimum atomic E-state index is 0.0160. The van der Waals surface area contributed by atoms with E-state index in [-0.39, 0.29) is 11.5 Å². The Bertz CT molecular complexity index is 751. The second kappa shape index (κ2) is 5.30. The number of aryl methyl sites for hydroxylation is 2. The molecule has 0 unspecified atom stereocenters. The van der Waals surface area contributed by atoms with Gasteiger partial charge in [-0.1, -0.05) is 0 Å². The van der Waals surface area contributed by atoms with Crippen LogP contribution in [0.3, 0.4) is 0 Å². The number of piperidine rings is 1. The first kappa shape index (κ1) is 14.6. The predicted molar refractivity (Wildman–Crippen MR) is 85.5 cm³/mol. The maximum Gasteiger partial charge on any atom is 0.272 e. The number of carbonyl (C=O) groups is 1. The van der Waals surface area contributed by atoms with Gasteiger partial charge in [-0.2, -0.15) is 5.10 Å². The number of likely N-dealkylation sites (tertiary alicyclic amines) is 1. The van der Waals surface area contributed by atoms with Crippen LogP contribution in [0.25, 0.3) is 5.65 Å². The van der Waals surface area contributed by atoms with Crippen LogP contribution in [0.5, 0.6) is 0 Å². The molecule has 6 nitrogen and oxygen atoms in total. The van der Waals surface area contributed by atoms with Crippen molar-refractivity contribution in [2.24, 2.45) is 0 Å². The quantitative estimate of drug-likeness (QED) is 0.809. The number of hydrogen-bond acceptors (Lipinski definition) is 4. The molecular formula is C17H22N4O2. The van der Waals surface area contributed by atoms with Gasteiger partial charge in [0.15, 0.2) is 5.65 Å². The molecule has 4 rings (SSSR count). The first-order valence-corrected chi connectivity index (χ1v) is 8.34. The fourth-order valence-corrected chi connectivity index (χ4v) is 3.78. The van der Waals surface area contributed by atoms with E-state index in [9.17, 15) is 4.79 Å². The summed E-state index contributed by atoms with van der Waals surface area (Å²) >= 11 is 0. The molecule has 2 saturated heterocycles. The number of carbonyl (C=O) groups excluding carboxylic acids is 1. The topological polar surface area (TPSA) is 59.7 Å². The van der Waals surface area contributed by atoms with Gasteiger partial charge in [0.2, 0.25) is 0 Å². The predicted octanol–water partition coefficient (Wildman–Crippen LogP) is 2.13. The Morgan fingerprint density at radius 2 is 2.00 bits per heavy atom. The Morgan fingerprint density at radius 3 is 2.70 bits per heavy atom. The molecule has 2 aromatic rings. The van der Waals surface area contributed by atoms with Gasteiger partial charge in [-0.25, -0.2) is 9.50 Å². The third kappa shape index (κ3) is 2.51. The molecule has 0 radical (unpaired) electrons. The van der Waals surface area contributed by atoms with Crippen LogP contribution < -0.4 is 0 Å². The van der Waals surface area contributed by atoms with Gasteiger partial charge >= 0.3 is 0 Å². The minimum Gasteiger partial charge on any atom is -0.375 e. The molecule has 23 heavy (non-hydrogen) atoms. The van der Waals surface area contributed by atoms with Crippen LogP contribution in [0.1, 0.15) is 47.6 Å². The molecule has 2 aliphatic rings. The van der Waals surface area contributed by atoms with Crippen molar-refractivity contribution >= 4 is 11.6 Å². The summed E-state index contributed by atoms with van der Waals surface area (Å²) in [4.78, 5) is 19.2. The van der Waals surface area contributed by atoms with E-state index >= 15 is 0 Å². The maximum absolute atomic E-state index is 12.8. The zero-order chi connectivity index (χ0) is 16.0. The lowest BCUT2D eigenvalue weighted by Crippen LogP contribution is -2.46. The van der Waals surface area contributed by atoms with E-state index in [1.165, 1.54) is 0 Å². The standard InChI is InChI=1S/C17H22N4O2/c1-12-10-15-18-14(11-13(2)21(15)19-12)16(22)20-7-5-17(6-8-20)4-3-9-23-17/h10-11H,3-9H2,1-2H3. The Hall–Kier alpha value is -1.95. The maximum atomic E-state index is 12.8. The van der Waals surface area contributed by atoms with Crippen LogP contribution in [0.15, 0.2) is 12.1 Å². The van der Waals surface area contributed by atoms with Gasteiger partial charge < -0.3 is 9.64 Å². The summed E-state index contributed by atoms with van der Waals surface area (Å²) in [5.74, 6) is 0.0160. The molecular weight excluding hydrogens is 292 g/mol. The lowest BCUT2D eigenvalue weighted by atomic mass is 9.88. The number of amides is 1. The van der Waals surface area contributed by atoms with Crippen molar-refractivity contribution in [3.05, 3.63) is 29.2 Å². The van der Waals surface area contributed by atoms with E-state index in [2.05, 4.69) is 10.1 Å². The molecule has 1 amide bonds. The van der Waals surface area contributed by atoms with Gasteiger partial charge in [0.05, 0.1) is 11.3 Å². The van der Waals surface area contributed by atoms with Gasteiger partial charge in [0.1, 0.15) is 5.69 Å². The smallest absolute Gasteiger partial charge is 0.272 e. The molecule has 122 valence electrons.